The van der Waals surface area contributed by atoms with Crippen molar-refractivity contribution >= 4 is 11.8 Å². The first-order valence-corrected chi connectivity index (χ1v) is 7.76. The Morgan fingerprint density at radius 1 is 1.12 bits per heavy atom. The topological polar surface area (TPSA) is 0 Å². The molecule has 0 aromatic heterocycles. The van der Waals surface area contributed by atoms with Crippen molar-refractivity contribution in [3.05, 3.63) is 30.3 Å². The van der Waals surface area contributed by atoms with Crippen molar-refractivity contribution in [2.75, 3.05) is 0 Å². The fourth-order valence-corrected chi connectivity index (χ4v) is 4.64. The van der Waals surface area contributed by atoms with E-state index in [2.05, 4.69) is 62.9 Å². The second-order valence-corrected chi connectivity index (χ2v) is 7.11. The molecule has 0 bridgehead atoms. The van der Waals surface area contributed by atoms with Gasteiger partial charge in [-0.05, 0) is 42.7 Å². The molecule has 17 heavy (non-hydrogen) atoms. The van der Waals surface area contributed by atoms with Gasteiger partial charge in [-0.1, -0.05) is 45.4 Å². The molecule has 0 saturated heterocycles. The third kappa shape index (κ3) is 3.51. The monoisotopic (exact) mass is 248 g/mol. The van der Waals surface area contributed by atoms with Crippen molar-refractivity contribution < 1.29 is 0 Å². The minimum Gasteiger partial charge on any atom is -0.122 e. The van der Waals surface area contributed by atoms with Gasteiger partial charge in [0.05, 0.1) is 0 Å². The summed E-state index contributed by atoms with van der Waals surface area (Å²) in [7, 11) is 0. The first-order chi connectivity index (χ1) is 8.16. The molecule has 0 radical (unpaired) electrons. The Morgan fingerprint density at radius 3 is 2.47 bits per heavy atom. The van der Waals surface area contributed by atoms with E-state index in [0.29, 0.717) is 0 Å². The highest BCUT2D eigenvalue weighted by Gasteiger charge is 2.31. The SMILES string of the molecule is CC(C)[C@@H]1CC[C@@H](C)C[C@H]1Sc1ccccc1. The van der Waals surface area contributed by atoms with Gasteiger partial charge in [0, 0.05) is 10.1 Å². The van der Waals surface area contributed by atoms with E-state index < -0.39 is 0 Å². The van der Waals surface area contributed by atoms with Crippen molar-refractivity contribution in [1.82, 2.24) is 0 Å². The summed E-state index contributed by atoms with van der Waals surface area (Å²) in [5, 5.41) is 0.821. The van der Waals surface area contributed by atoms with Crippen LogP contribution in [0.5, 0.6) is 0 Å². The van der Waals surface area contributed by atoms with Crippen LogP contribution in [0.4, 0.5) is 0 Å². The molecule has 1 heteroatoms. The lowest BCUT2D eigenvalue weighted by Crippen LogP contribution is -2.29. The predicted molar refractivity (Wildman–Crippen MR) is 77.4 cm³/mol. The van der Waals surface area contributed by atoms with E-state index in [1.165, 1.54) is 24.2 Å². The maximum atomic E-state index is 2.41. The van der Waals surface area contributed by atoms with Gasteiger partial charge in [-0.3, -0.25) is 0 Å². The van der Waals surface area contributed by atoms with E-state index in [0.717, 1.165) is 23.0 Å². The maximum absolute atomic E-state index is 2.41. The molecule has 0 nitrogen and oxygen atoms in total. The number of benzene rings is 1. The molecule has 94 valence electrons. The van der Waals surface area contributed by atoms with Crippen molar-refractivity contribution in [2.45, 2.75) is 50.2 Å². The molecule has 0 N–H and O–H groups in total. The first kappa shape index (κ1) is 13.0. The Labute approximate surface area is 110 Å². The van der Waals surface area contributed by atoms with Gasteiger partial charge >= 0.3 is 0 Å². The van der Waals surface area contributed by atoms with Crippen LogP contribution in [0.2, 0.25) is 0 Å². The van der Waals surface area contributed by atoms with Crippen LogP contribution in [-0.4, -0.2) is 5.25 Å². The standard InChI is InChI=1S/C16H24S/c1-12(2)15-10-9-13(3)11-16(15)17-14-7-5-4-6-8-14/h4-8,12-13,15-16H,9-11H2,1-3H3/t13-,15+,16-/m1/s1. The van der Waals surface area contributed by atoms with E-state index >= 15 is 0 Å². The minimum absolute atomic E-state index is 0.821. The highest BCUT2D eigenvalue weighted by atomic mass is 32.2. The Kier molecular flexibility index (Phi) is 4.55. The van der Waals surface area contributed by atoms with E-state index in [-0.39, 0.29) is 0 Å². The molecular weight excluding hydrogens is 224 g/mol. The lowest BCUT2D eigenvalue weighted by Gasteiger charge is -2.37. The molecule has 0 aliphatic heterocycles. The highest BCUT2D eigenvalue weighted by molar-refractivity contribution is 8.00. The third-order valence-electron chi connectivity index (χ3n) is 3.99. The van der Waals surface area contributed by atoms with Gasteiger partial charge in [0.15, 0.2) is 0 Å². The highest BCUT2D eigenvalue weighted by Crippen LogP contribution is 2.42. The number of rotatable bonds is 3. The Hall–Kier alpha value is -0.430. The average Bonchev–Trinajstić information content (AvgIpc) is 2.30. The molecule has 0 amide bonds. The van der Waals surface area contributed by atoms with E-state index in [1.807, 2.05) is 0 Å². The summed E-state index contributed by atoms with van der Waals surface area (Å²) in [5.41, 5.74) is 0. The number of hydrogen-bond acceptors (Lipinski definition) is 1. The molecule has 2 rings (SSSR count). The van der Waals surface area contributed by atoms with Crippen molar-refractivity contribution in [3.8, 4) is 0 Å². The van der Waals surface area contributed by atoms with Crippen LogP contribution in [0.1, 0.15) is 40.0 Å². The van der Waals surface area contributed by atoms with Gasteiger partial charge in [0.2, 0.25) is 0 Å². The van der Waals surface area contributed by atoms with Crippen LogP contribution in [0.3, 0.4) is 0 Å². The molecule has 1 aromatic rings. The zero-order valence-electron chi connectivity index (χ0n) is 11.2. The summed E-state index contributed by atoms with van der Waals surface area (Å²) in [5.74, 6) is 2.63. The summed E-state index contributed by atoms with van der Waals surface area (Å²) in [4.78, 5) is 1.44. The van der Waals surface area contributed by atoms with Crippen LogP contribution in [0.15, 0.2) is 35.2 Å². The smallest absolute Gasteiger partial charge is 0.0128 e. The molecule has 0 heterocycles. The second-order valence-electron chi connectivity index (χ2n) is 5.80. The van der Waals surface area contributed by atoms with Gasteiger partial charge in [-0.2, -0.15) is 0 Å². The van der Waals surface area contributed by atoms with Crippen molar-refractivity contribution in [2.24, 2.45) is 17.8 Å². The zero-order valence-corrected chi connectivity index (χ0v) is 12.0. The number of thioether (sulfide) groups is 1. The van der Waals surface area contributed by atoms with E-state index in [4.69, 9.17) is 0 Å². The molecule has 0 unspecified atom stereocenters. The lowest BCUT2D eigenvalue weighted by molar-refractivity contribution is 0.244. The van der Waals surface area contributed by atoms with Crippen LogP contribution in [0, 0.1) is 17.8 Å². The van der Waals surface area contributed by atoms with Gasteiger partial charge < -0.3 is 0 Å². The molecule has 0 spiro atoms. The van der Waals surface area contributed by atoms with Crippen LogP contribution < -0.4 is 0 Å². The molecule has 1 saturated carbocycles. The lowest BCUT2D eigenvalue weighted by atomic mass is 9.77. The molecule has 1 aromatic carbocycles. The fourth-order valence-electron chi connectivity index (χ4n) is 2.92. The largest absolute Gasteiger partial charge is 0.122 e. The third-order valence-corrected chi connectivity index (χ3v) is 5.38. The average molecular weight is 248 g/mol. The summed E-state index contributed by atoms with van der Waals surface area (Å²) in [6, 6.07) is 10.9. The molecule has 3 atom stereocenters. The fraction of sp³-hybridized carbons (Fsp3) is 0.625. The summed E-state index contributed by atoms with van der Waals surface area (Å²) in [6.07, 6.45) is 4.24. The van der Waals surface area contributed by atoms with Gasteiger partial charge in [0.25, 0.3) is 0 Å². The summed E-state index contributed by atoms with van der Waals surface area (Å²) < 4.78 is 0. The van der Waals surface area contributed by atoms with Crippen molar-refractivity contribution in [3.63, 3.8) is 0 Å². The Bertz CT molecular complexity index is 331. The summed E-state index contributed by atoms with van der Waals surface area (Å²) in [6.45, 7) is 7.19. The Balaban J connectivity index is 2.05. The summed E-state index contributed by atoms with van der Waals surface area (Å²) >= 11 is 2.10. The number of hydrogen-bond donors (Lipinski definition) is 0. The van der Waals surface area contributed by atoms with E-state index in [1.54, 1.807) is 0 Å². The Morgan fingerprint density at radius 2 is 1.82 bits per heavy atom. The minimum atomic E-state index is 0.821. The molecular formula is C16H24S. The normalized spacial score (nSPS) is 29.5. The maximum Gasteiger partial charge on any atom is 0.0128 e. The molecule has 1 fully saturated rings. The quantitative estimate of drug-likeness (QED) is 0.705. The van der Waals surface area contributed by atoms with Crippen molar-refractivity contribution in [1.29, 1.82) is 0 Å². The van der Waals surface area contributed by atoms with Crippen LogP contribution in [-0.2, 0) is 0 Å². The predicted octanol–water partition coefficient (Wildman–Crippen LogP) is 5.24. The first-order valence-electron chi connectivity index (χ1n) is 6.88. The zero-order chi connectivity index (χ0) is 12.3. The second kappa shape index (κ2) is 5.95. The van der Waals surface area contributed by atoms with Crippen LogP contribution in [0.25, 0.3) is 0 Å². The molecule has 1 aliphatic rings. The van der Waals surface area contributed by atoms with Crippen LogP contribution >= 0.6 is 11.8 Å². The van der Waals surface area contributed by atoms with Gasteiger partial charge in [0.1, 0.15) is 0 Å². The van der Waals surface area contributed by atoms with Gasteiger partial charge in [-0.15, -0.1) is 11.8 Å². The molecule has 1 aliphatic carbocycles. The van der Waals surface area contributed by atoms with Gasteiger partial charge in [-0.25, -0.2) is 0 Å². The van der Waals surface area contributed by atoms with E-state index in [9.17, 15) is 0 Å².